The van der Waals surface area contributed by atoms with Gasteiger partial charge in [-0.1, -0.05) is 26.2 Å². The van der Waals surface area contributed by atoms with E-state index in [4.69, 9.17) is 0 Å². The second-order valence-corrected chi connectivity index (χ2v) is 5.60. The first-order valence-corrected chi connectivity index (χ1v) is 7.43. The Kier molecular flexibility index (Phi) is 7.41. The molecule has 0 amide bonds. The van der Waals surface area contributed by atoms with E-state index in [-0.39, 0.29) is 0 Å². The highest BCUT2D eigenvalue weighted by atomic mass is 32.1. The average Bonchev–Trinajstić information content (AvgIpc) is 2.78. The Labute approximate surface area is 114 Å². The van der Waals surface area contributed by atoms with Crippen LogP contribution in [0.1, 0.15) is 42.5 Å². The molecule has 0 atom stereocenters. The van der Waals surface area contributed by atoms with Crippen LogP contribution in [-0.2, 0) is 6.54 Å². The number of aliphatic imine (C=N–C) groups is 1. The van der Waals surface area contributed by atoms with E-state index in [2.05, 4.69) is 34.5 Å². The molecule has 0 bridgehead atoms. The van der Waals surface area contributed by atoms with Crippen LogP contribution in [-0.4, -0.2) is 24.5 Å². The van der Waals surface area contributed by atoms with Crippen LogP contribution in [0.2, 0.25) is 0 Å². The first-order valence-electron chi connectivity index (χ1n) is 6.62. The van der Waals surface area contributed by atoms with Gasteiger partial charge >= 0.3 is 0 Å². The van der Waals surface area contributed by atoms with E-state index in [9.17, 15) is 0 Å². The molecule has 0 aliphatic carbocycles. The summed E-state index contributed by atoms with van der Waals surface area (Å²) in [6.07, 6.45) is 6.97. The topological polar surface area (TPSA) is 49.3 Å². The molecule has 2 N–H and O–H groups in total. The quantitative estimate of drug-likeness (QED) is 0.454. The summed E-state index contributed by atoms with van der Waals surface area (Å²) in [6, 6.07) is 0. The van der Waals surface area contributed by atoms with Gasteiger partial charge in [0, 0.05) is 24.7 Å². The molecule has 0 aromatic carbocycles. The lowest BCUT2D eigenvalue weighted by atomic mass is 10.2. The van der Waals surface area contributed by atoms with Crippen LogP contribution in [0, 0.1) is 6.92 Å². The van der Waals surface area contributed by atoms with Crippen molar-refractivity contribution in [2.75, 3.05) is 13.6 Å². The summed E-state index contributed by atoms with van der Waals surface area (Å²) in [7, 11) is 1.80. The fraction of sp³-hybridized carbons (Fsp3) is 0.692. The van der Waals surface area contributed by atoms with Crippen LogP contribution in [0.4, 0.5) is 0 Å². The minimum atomic E-state index is 0.743. The maximum absolute atomic E-state index is 4.32. The zero-order valence-corrected chi connectivity index (χ0v) is 12.4. The molecule has 0 saturated carbocycles. The van der Waals surface area contributed by atoms with Crippen LogP contribution in [0.15, 0.2) is 11.2 Å². The van der Waals surface area contributed by atoms with Crippen LogP contribution in [0.5, 0.6) is 0 Å². The molecule has 0 fully saturated rings. The number of rotatable bonds is 7. The van der Waals surface area contributed by atoms with Crippen molar-refractivity contribution in [3.8, 4) is 0 Å². The fourth-order valence-electron chi connectivity index (χ4n) is 1.62. The van der Waals surface area contributed by atoms with E-state index in [0.717, 1.165) is 24.1 Å². The largest absolute Gasteiger partial charge is 0.356 e. The minimum Gasteiger partial charge on any atom is -0.356 e. The zero-order valence-electron chi connectivity index (χ0n) is 11.6. The van der Waals surface area contributed by atoms with Crippen molar-refractivity contribution in [3.05, 3.63) is 16.1 Å². The number of hydrogen-bond acceptors (Lipinski definition) is 3. The second-order valence-electron chi connectivity index (χ2n) is 4.28. The summed E-state index contributed by atoms with van der Waals surface area (Å²) < 4.78 is 0. The lowest BCUT2D eigenvalue weighted by Gasteiger charge is -2.10. The normalized spacial score (nSPS) is 11.6. The summed E-state index contributed by atoms with van der Waals surface area (Å²) in [5.41, 5.74) is 0. The molecular weight excluding hydrogens is 244 g/mol. The molecule has 0 radical (unpaired) electrons. The van der Waals surface area contributed by atoms with E-state index >= 15 is 0 Å². The summed E-state index contributed by atoms with van der Waals surface area (Å²) in [5.74, 6) is 0.861. The van der Waals surface area contributed by atoms with Crippen LogP contribution < -0.4 is 10.6 Å². The third-order valence-electron chi connectivity index (χ3n) is 2.62. The number of thiazole rings is 1. The molecule has 5 heteroatoms. The third kappa shape index (κ3) is 6.00. The summed E-state index contributed by atoms with van der Waals surface area (Å²) >= 11 is 1.72. The molecule has 1 aromatic rings. The highest BCUT2D eigenvalue weighted by molar-refractivity contribution is 7.11. The maximum Gasteiger partial charge on any atom is 0.191 e. The van der Waals surface area contributed by atoms with Gasteiger partial charge in [-0.25, -0.2) is 4.98 Å². The highest BCUT2D eigenvalue weighted by Gasteiger charge is 2.00. The summed E-state index contributed by atoms with van der Waals surface area (Å²) in [6.45, 7) is 6.02. The molecule has 4 nitrogen and oxygen atoms in total. The van der Waals surface area contributed by atoms with Crippen molar-refractivity contribution < 1.29 is 0 Å². The SMILES string of the molecule is CCCCCCNC(=NC)NCc1ncc(C)s1. The van der Waals surface area contributed by atoms with Crippen molar-refractivity contribution in [1.82, 2.24) is 15.6 Å². The monoisotopic (exact) mass is 268 g/mol. The third-order valence-corrected chi connectivity index (χ3v) is 3.54. The Morgan fingerprint density at radius 1 is 1.33 bits per heavy atom. The Morgan fingerprint density at radius 2 is 2.17 bits per heavy atom. The van der Waals surface area contributed by atoms with Crippen LogP contribution >= 0.6 is 11.3 Å². The molecule has 0 saturated heterocycles. The van der Waals surface area contributed by atoms with E-state index in [1.54, 1.807) is 18.4 Å². The number of unbranched alkanes of at least 4 members (excludes halogenated alkanes) is 3. The standard InChI is InChI=1S/C13H24N4S/c1-4-5-6-7-8-15-13(14-3)17-10-12-16-9-11(2)18-12/h9H,4-8,10H2,1-3H3,(H2,14,15,17). The van der Waals surface area contributed by atoms with Crippen molar-refractivity contribution in [1.29, 1.82) is 0 Å². The molecule has 102 valence electrons. The Morgan fingerprint density at radius 3 is 2.78 bits per heavy atom. The first-order chi connectivity index (χ1) is 8.76. The van der Waals surface area contributed by atoms with Gasteiger partial charge in [0.2, 0.25) is 0 Å². The number of hydrogen-bond donors (Lipinski definition) is 2. The van der Waals surface area contributed by atoms with E-state index < -0.39 is 0 Å². The first kappa shape index (κ1) is 15.0. The zero-order chi connectivity index (χ0) is 13.2. The molecule has 0 aliphatic rings. The Bertz CT molecular complexity index is 360. The molecule has 1 aromatic heterocycles. The van der Waals surface area contributed by atoms with E-state index in [0.29, 0.717) is 0 Å². The predicted molar refractivity (Wildman–Crippen MR) is 79.2 cm³/mol. The van der Waals surface area contributed by atoms with Gasteiger partial charge in [0.05, 0.1) is 6.54 Å². The smallest absolute Gasteiger partial charge is 0.191 e. The van der Waals surface area contributed by atoms with Crippen LogP contribution in [0.25, 0.3) is 0 Å². The lowest BCUT2D eigenvalue weighted by molar-refractivity contribution is 0.647. The number of guanidine groups is 1. The molecule has 0 aliphatic heterocycles. The number of nitrogens with one attached hydrogen (secondary N) is 2. The lowest BCUT2D eigenvalue weighted by Crippen LogP contribution is -2.37. The number of aromatic nitrogens is 1. The van der Waals surface area contributed by atoms with E-state index in [1.165, 1.54) is 30.6 Å². The highest BCUT2D eigenvalue weighted by Crippen LogP contribution is 2.10. The van der Waals surface area contributed by atoms with Crippen molar-refractivity contribution in [2.45, 2.75) is 46.1 Å². The predicted octanol–water partition coefficient (Wildman–Crippen LogP) is 2.70. The molecule has 1 heterocycles. The number of aryl methyl sites for hydroxylation is 1. The minimum absolute atomic E-state index is 0.743. The van der Waals surface area contributed by atoms with Crippen molar-refractivity contribution in [2.24, 2.45) is 4.99 Å². The van der Waals surface area contributed by atoms with Crippen molar-refractivity contribution >= 4 is 17.3 Å². The molecule has 0 unspecified atom stereocenters. The molecule has 1 rings (SSSR count). The van der Waals surface area contributed by atoms with Gasteiger partial charge < -0.3 is 10.6 Å². The summed E-state index contributed by atoms with van der Waals surface area (Å²) in [4.78, 5) is 9.76. The van der Waals surface area contributed by atoms with Gasteiger partial charge in [0.25, 0.3) is 0 Å². The Balaban J connectivity index is 2.18. The molecular formula is C13H24N4S. The van der Waals surface area contributed by atoms with Gasteiger partial charge in [0.15, 0.2) is 5.96 Å². The van der Waals surface area contributed by atoms with Gasteiger partial charge in [0.1, 0.15) is 5.01 Å². The van der Waals surface area contributed by atoms with Crippen LogP contribution in [0.3, 0.4) is 0 Å². The van der Waals surface area contributed by atoms with E-state index in [1.807, 2.05) is 6.20 Å². The van der Waals surface area contributed by atoms with Gasteiger partial charge in [-0.2, -0.15) is 0 Å². The summed E-state index contributed by atoms with van der Waals surface area (Å²) in [5, 5.41) is 7.70. The van der Waals surface area contributed by atoms with Crippen molar-refractivity contribution in [3.63, 3.8) is 0 Å². The maximum atomic E-state index is 4.32. The average molecular weight is 268 g/mol. The van der Waals surface area contributed by atoms with Gasteiger partial charge in [-0.05, 0) is 13.3 Å². The second kappa shape index (κ2) is 8.91. The van der Waals surface area contributed by atoms with Gasteiger partial charge in [-0.3, -0.25) is 4.99 Å². The number of nitrogens with zero attached hydrogens (tertiary/aromatic N) is 2. The Hall–Kier alpha value is -1.10. The molecule has 0 spiro atoms. The fourth-order valence-corrected chi connectivity index (χ4v) is 2.35. The molecule has 18 heavy (non-hydrogen) atoms. The van der Waals surface area contributed by atoms with Gasteiger partial charge in [-0.15, -0.1) is 11.3 Å².